The first-order valence-electron chi connectivity index (χ1n) is 7.26. The molecule has 1 unspecified atom stereocenters. The van der Waals surface area contributed by atoms with Gasteiger partial charge in [-0.05, 0) is 29.8 Å². The van der Waals surface area contributed by atoms with Gasteiger partial charge in [-0.1, -0.05) is 12.1 Å². The van der Waals surface area contributed by atoms with Crippen molar-refractivity contribution in [1.82, 2.24) is 14.5 Å². The molecule has 0 amide bonds. The third-order valence-corrected chi connectivity index (χ3v) is 3.66. The lowest BCUT2D eigenvalue weighted by Crippen LogP contribution is -2.27. The maximum atomic E-state index is 13.4. The first-order chi connectivity index (χ1) is 11.6. The highest BCUT2D eigenvalue weighted by atomic mass is 19.1. The molecule has 3 N–H and O–H groups in total. The van der Waals surface area contributed by atoms with E-state index >= 15 is 0 Å². The van der Waals surface area contributed by atoms with Gasteiger partial charge in [0.1, 0.15) is 5.82 Å². The van der Waals surface area contributed by atoms with E-state index in [4.69, 9.17) is 5.73 Å². The lowest BCUT2D eigenvalue weighted by Gasteiger charge is -2.18. The Labute approximate surface area is 137 Å². The third kappa shape index (κ3) is 3.16. The molecular weight excluding hydrogens is 311 g/mol. The fourth-order valence-corrected chi connectivity index (χ4v) is 2.51. The third-order valence-electron chi connectivity index (χ3n) is 3.66. The number of anilines is 1. The van der Waals surface area contributed by atoms with E-state index in [2.05, 4.69) is 9.97 Å². The van der Waals surface area contributed by atoms with E-state index in [9.17, 15) is 14.3 Å². The number of aromatic nitrogens is 3. The van der Waals surface area contributed by atoms with Crippen molar-refractivity contribution in [3.05, 3.63) is 76.6 Å². The van der Waals surface area contributed by atoms with Gasteiger partial charge in [-0.15, -0.1) is 0 Å². The van der Waals surface area contributed by atoms with Gasteiger partial charge in [0.2, 0.25) is 5.95 Å². The molecule has 0 fully saturated rings. The molecule has 0 radical (unpaired) electrons. The second kappa shape index (κ2) is 6.59. The fourth-order valence-electron chi connectivity index (χ4n) is 2.51. The van der Waals surface area contributed by atoms with E-state index in [1.807, 2.05) is 0 Å². The molecule has 2 heterocycles. The second-order valence-electron chi connectivity index (χ2n) is 5.21. The maximum absolute atomic E-state index is 13.4. The molecule has 0 saturated heterocycles. The Bertz CT molecular complexity index is 926. The highest BCUT2D eigenvalue weighted by Gasteiger charge is 2.15. The average molecular weight is 326 g/mol. The Balaban J connectivity index is 2.01. The fraction of sp³-hybridized carbons (Fsp3) is 0.118. The van der Waals surface area contributed by atoms with Crippen LogP contribution in [0.15, 0.2) is 59.7 Å². The van der Waals surface area contributed by atoms with Crippen LogP contribution in [0.2, 0.25) is 0 Å². The quantitative estimate of drug-likeness (QED) is 0.759. The molecule has 122 valence electrons. The summed E-state index contributed by atoms with van der Waals surface area (Å²) in [5.74, 6) is -0.309. The molecule has 3 aromatic rings. The Kier molecular flexibility index (Phi) is 4.35. The van der Waals surface area contributed by atoms with Crippen molar-refractivity contribution in [2.24, 2.45) is 0 Å². The minimum absolute atomic E-state index is 0.115. The number of nitrogen functional groups attached to an aromatic ring is 1. The van der Waals surface area contributed by atoms with Crippen LogP contribution < -0.4 is 11.3 Å². The van der Waals surface area contributed by atoms with E-state index < -0.39 is 11.9 Å². The van der Waals surface area contributed by atoms with Crippen molar-refractivity contribution in [3.63, 3.8) is 0 Å². The lowest BCUT2D eigenvalue weighted by molar-refractivity contribution is 0.247. The van der Waals surface area contributed by atoms with Crippen molar-refractivity contribution in [1.29, 1.82) is 0 Å². The van der Waals surface area contributed by atoms with Crippen LogP contribution in [0.4, 0.5) is 10.3 Å². The summed E-state index contributed by atoms with van der Waals surface area (Å²) in [5.41, 5.74) is 6.83. The van der Waals surface area contributed by atoms with E-state index in [-0.39, 0.29) is 18.1 Å². The van der Waals surface area contributed by atoms with Crippen LogP contribution in [-0.2, 0) is 0 Å². The van der Waals surface area contributed by atoms with Crippen LogP contribution in [0.5, 0.6) is 0 Å². The van der Waals surface area contributed by atoms with Gasteiger partial charge in [-0.3, -0.25) is 4.79 Å². The van der Waals surface area contributed by atoms with Crippen LogP contribution >= 0.6 is 0 Å². The molecule has 2 aromatic heterocycles. The molecule has 3 rings (SSSR count). The number of halogens is 1. The summed E-state index contributed by atoms with van der Waals surface area (Å²) in [5, 5.41) is 9.65. The molecule has 6 nitrogen and oxygen atoms in total. The monoisotopic (exact) mass is 326 g/mol. The molecule has 0 bridgehead atoms. The van der Waals surface area contributed by atoms with E-state index in [0.717, 1.165) is 0 Å². The summed E-state index contributed by atoms with van der Waals surface area (Å²) in [7, 11) is 0. The largest absolute Gasteiger partial charge is 0.394 e. The maximum Gasteiger partial charge on any atom is 0.251 e. The highest BCUT2D eigenvalue weighted by Crippen LogP contribution is 2.20. The Morgan fingerprint density at radius 1 is 1.25 bits per heavy atom. The summed E-state index contributed by atoms with van der Waals surface area (Å²) in [6.45, 7) is -0.330. The molecule has 0 aliphatic rings. The first-order valence-corrected chi connectivity index (χ1v) is 7.26. The van der Waals surface area contributed by atoms with Gasteiger partial charge >= 0.3 is 0 Å². The number of benzene rings is 1. The number of rotatable bonds is 4. The SMILES string of the molecule is Nc1nccc(-c2ccn(C(CO)c3cccc(F)c3)c(=O)c2)n1. The Morgan fingerprint density at radius 3 is 2.75 bits per heavy atom. The Morgan fingerprint density at radius 2 is 2.08 bits per heavy atom. The number of nitrogens with zero attached hydrogens (tertiary/aromatic N) is 3. The van der Waals surface area contributed by atoms with Crippen molar-refractivity contribution < 1.29 is 9.50 Å². The summed E-state index contributed by atoms with van der Waals surface area (Å²) in [4.78, 5) is 20.3. The summed E-state index contributed by atoms with van der Waals surface area (Å²) < 4.78 is 14.8. The predicted molar refractivity (Wildman–Crippen MR) is 87.8 cm³/mol. The molecule has 0 aliphatic carbocycles. The second-order valence-corrected chi connectivity index (χ2v) is 5.21. The van der Waals surface area contributed by atoms with Gasteiger partial charge in [0.15, 0.2) is 0 Å². The van der Waals surface area contributed by atoms with Crippen molar-refractivity contribution >= 4 is 5.95 Å². The summed E-state index contributed by atoms with van der Waals surface area (Å²) >= 11 is 0. The normalized spacial score (nSPS) is 12.1. The molecule has 0 aliphatic heterocycles. The molecule has 7 heteroatoms. The number of hydrogen-bond acceptors (Lipinski definition) is 5. The lowest BCUT2D eigenvalue weighted by atomic mass is 10.1. The van der Waals surface area contributed by atoms with E-state index in [0.29, 0.717) is 16.8 Å². The standard InChI is InChI=1S/C17H15FN4O2/c18-13-3-1-2-12(8-13)15(10-23)22-7-5-11(9-16(22)24)14-4-6-20-17(19)21-14/h1-9,15,23H,10H2,(H2,19,20,21). The molecular formula is C17H15FN4O2. The zero-order valence-electron chi connectivity index (χ0n) is 12.6. The first kappa shape index (κ1) is 15.8. The molecule has 0 saturated carbocycles. The van der Waals surface area contributed by atoms with Crippen LogP contribution in [0.1, 0.15) is 11.6 Å². The van der Waals surface area contributed by atoms with Gasteiger partial charge in [0.05, 0.1) is 18.3 Å². The number of aliphatic hydroxyl groups is 1. The molecule has 0 spiro atoms. The zero-order chi connectivity index (χ0) is 17.1. The van der Waals surface area contributed by atoms with Crippen LogP contribution in [0.25, 0.3) is 11.3 Å². The van der Waals surface area contributed by atoms with Crippen LogP contribution in [-0.4, -0.2) is 26.2 Å². The van der Waals surface area contributed by atoms with E-state index in [1.54, 1.807) is 24.4 Å². The minimum Gasteiger partial charge on any atom is -0.394 e. The van der Waals surface area contributed by atoms with Gasteiger partial charge < -0.3 is 15.4 Å². The minimum atomic E-state index is -0.669. The molecule has 24 heavy (non-hydrogen) atoms. The smallest absolute Gasteiger partial charge is 0.251 e. The van der Waals surface area contributed by atoms with Crippen LogP contribution in [0, 0.1) is 5.82 Å². The predicted octanol–water partition coefficient (Wildman–Crippen LogP) is 1.61. The van der Waals surface area contributed by atoms with Gasteiger partial charge in [-0.25, -0.2) is 14.4 Å². The van der Waals surface area contributed by atoms with Crippen molar-refractivity contribution in [3.8, 4) is 11.3 Å². The Hall–Kier alpha value is -3.06. The molecule has 1 aromatic carbocycles. The number of aliphatic hydroxyl groups excluding tert-OH is 1. The summed E-state index contributed by atoms with van der Waals surface area (Å²) in [6.07, 6.45) is 3.05. The van der Waals surface area contributed by atoms with E-state index in [1.165, 1.54) is 35.0 Å². The van der Waals surface area contributed by atoms with Crippen LogP contribution in [0.3, 0.4) is 0 Å². The van der Waals surface area contributed by atoms with Crippen molar-refractivity contribution in [2.45, 2.75) is 6.04 Å². The molecule has 1 atom stereocenters. The highest BCUT2D eigenvalue weighted by molar-refractivity contribution is 5.58. The van der Waals surface area contributed by atoms with Gasteiger partial charge in [0, 0.05) is 24.0 Å². The van der Waals surface area contributed by atoms with Gasteiger partial charge in [-0.2, -0.15) is 0 Å². The zero-order valence-corrected chi connectivity index (χ0v) is 12.6. The number of nitrogens with two attached hydrogens (primary N) is 1. The van der Waals surface area contributed by atoms with Crippen molar-refractivity contribution in [2.75, 3.05) is 12.3 Å². The average Bonchev–Trinajstić information content (AvgIpc) is 2.57. The van der Waals surface area contributed by atoms with Gasteiger partial charge in [0.25, 0.3) is 5.56 Å². The number of pyridine rings is 1. The topological polar surface area (TPSA) is 94.0 Å². The summed E-state index contributed by atoms with van der Waals surface area (Å²) in [6, 6.07) is 9.86. The number of hydrogen-bond donors (Lipinski definition) is 2.